The van der Waals surface area contributed by atoms with Gasteiger partial charge in [0.1, 0.15) is 0 Å². The van der Waals surface area contributed by atoms with Gasteiger partial charge < -0.3 is 4.57 Å². The number of fused-ring (bicyclic) bond motifs is 1. The Balaban J connectivity index is 2.32. The number of rotatable bonds is 1. The summed E-state index contributed by atoms with van der Waals surface area (Å²) in [5, 5.41) is 1.34. The van der Waals surface area contributed by atoms with E-state index in [1.165, 1.54) is 27.7 Å². The van der Waals surface area contributed by atoms with Crippen LogP contribution in [0.25, 0.3) is 22.2 Å². The van der Waals surface area contributed by atoms with Crippen molar-refractivity contribution in [3.63, 3.8) is 0 Å². The van der Waals surface area contributed by atoms with Gasteiger partial charge in [0, 0.05) is 23.6 Å². The van der Waals surface area contributed by atoms with E-state index in [4.69, 9.17) is 0 Å². The highest BCUT2D eigenvalue weighted by atomic mass is 14.9. The van der Waals surface area contributed by atoms with E-state index in [9.17, 15) is 0 Å². The third-order valence-electron chi connectivity index (χ3n) is 3.37. The zero-order valence-corrected chi connectivity index (χ0v) is 10.1. The lowest BCUT2D eigenvalue weighted by Gasteiger charge is -2.03. The van der Waals surface area contributed by atoms with Gasteiger partial charge in [-0.25, -0.2) is 0 Å². The molecular weight excluding hydrogens is 206 g/mol. The lowest BCUT2D eigenvalue weighted by Crippen LogP contribution is -1.90. The molecule has 0 aliphatic heterocycles. The molecule has 0 aliphatic rings. The van der Waals surface area contributed by atoms with Crippen LogP contribution in [-0.2, 0) is 7.05 Å². The predicted molar refractivity (Wildman–Crippen MR) is 73.1 cm³/mol. The van der Waals surface area contributed by atoms with Crippen LogP contribution in [0, 0.1) is 6.92 Å². The molecule has 0 amide bonds. The van der Waals surface area contributed by atoms with Gasteiger partial charge in [-0.3, -0.25) is 0 Å². The maximum absolute atomic E-state index is 2.28. The highest BCUT2D eigenvalue weighted by molar-refractivity contribution is 5.89. The van der Waals surface area contributed by atoms with E-state index >= 15 is 0 Å². The molecule has 84 valence electrons. The first-order valence-electron chi connectivity index (χ1n) is 5.88. The van der Waals surface area contributed by atoms with Crippen LogP contribution in [0.2, 0.25) is 0 Å². The van der Waals surface area contributed by atoms with Gasteiger partial charge in [-0.05, 0) is 30.2 Å². The van der Waals surface area contributed by atoms with Gasteiger partial charge in [0.05, 0.1) is 0 Å². The normalized spacial score (nSPS) is 10.9. The molecule has 0 saturated carbocycles. The lowest BCUT2D eigenvalue weighted by atomic mass is 10.1. The molecule has 1 nitrogen and oxygen atoms in total. The molecule has 1 heterocycles. The molecule has 0 spiro atoms. The number of hydrogen-bond acceptors (Lipinski definition) is 0. The molecule has 2 aromatic carbocycles. The second-order valence-corrected chi connectivity index (χ2v) is 4.46. The Morgan fingerprint density at radius 3 is 2.35 bits per heavy atom. The maximum atomic E-state index is 2.28. The summed E-state index contributed by atoms with van der Waals surface area (Å²) < 4.78 is 2.26. The smallest absolute Gasteiger partial charge is 0.0488 e. The molecule has 3 aromatic rings. The number of benzene rings is 2. The van der Waals surface area contributed by atoms with E-state index in [0.29, 0.717) is 0 Å². The molecule has 17 heavy (non-hydrogen) atoms. The number of nitrogens with zero attached hydrogens (tertiary/aromatic N) is 1. The Bertz CT molecular complexity index is 663. The van der Waals surface area contributed by atoms with Crippen LogP contribution in [0.1, 0.15) is 5.56 Å². The van der Waals surface area contributed by atoms with Crippen molar-refractivity contribution in [2.45, 2.75) is 6.92 Å². The van der Waals surface area contributed by atoms with Crippen molar-refractivity contribution in [3.05, 3.63) is 60.2 Å². The third-order valence-corrected chi connectivity index (χ3v) is 3.37. The second kappa shape index (κ2) is 3.77. The summed E-state index contributed by atoms with van der Waals surface area (Å²) in [6.45, 7) is 2.16. The second-order valence-electron chi connectivity index (χ2n) is 4.46. The Hall–Kier alpha value is -2.02. The van der Waals surface area contributed by atoms with Gasteiger partial charge in [0.15, 0.2) is 0 Å². The summed E-state index contributed by atoms with van der Waals surface area (Å²) in [5.74, 6) is 0. The van der Waals surface area contributed by atoms with Crippen molar-refractivity contribution in [2.75, 3.05) is 0 Å². The summed E-state index contributed by atoms with van der Waals surface area (Å²) in [6, 6.07) is 19.3. The first-order chi connectivity index (χ1) is 8.27. The van der Waals surface area contributed by atoms with E-state index in [2.05, 4.69) is 73.1 Å². The Kier molecular flexibility index (Phi) is 2.25. The summed E-state index contributed by atoms with van der Waals surface area (Å²) in [6.07, 6.45) is 0. The van der Waals surface area contributed by atoms with Crippen molar-refractivity contribution in [1.82, 2.24) is 4.57 Å². The van der Waals surface area contributed by atoms with Gasteiger partial charge in [-0.15, -0.1) is 0 Å². The molecule has 0 saturated heterocycles. The number of aromatic nitrogens is 1. The summed E-state index contributed by atoms with van der Waals surface area (Å²) >= 11 is 0. The first kappa shape index (κ1) is 10.2. The fourth-order valence-corrected chi connectivity index (χ4v) is 2.39. The molecule has 0 bridgehead atoms. The standard InChI is InChI=1S/C16H15N/c1-12-7-6-10-15-14(12)11-16(17(15)2)13-8-4-3-5-9-13/h3-11H,1-2H3. The minimum Gasteiger partial charge on any atom is -0.344 e. The van der Waals surface area contributed by atoms with Gasteiger partial charge >= 0.3 is 0 Å². The van der Waals surface area contributed by atoms with Gasteiger partial charge in [0.2, 0.25) is 0 Å². The fourth-order valence-electron chi connectivity index (χ4n) is 2.39. The van der Waals surface area contributed by atoms with Crippen molar-refractivity contribution >= 4 is 10.9 Å². The van der Waals surface area contributed by atoms with E-state index in [0.717, 1.165) is 0 Å². The zero-order valence-electron chi connectivity index (χ0n) is 10.1. The average Bonchev–Trinajstić information content (AvgIpc) is 2.70. The van der Waals surface area contributed by atoms with Gasteiger partial charge in [-0.2, -0.15) is 0 Å². The summed E-state index contributed by atoms with van der Waals surface area (Å²) in [7, 11) is 2.13. The SMILES string of the molecule is Cc1cccc2c1cc(-c1ccccc1)n2C. The molecule has 0 N–H and O–H groups in total. The zero-order chi connectivity index (χ0) is 11.8. The first-order valence-corrected chi connectivity index (χ1v) is 5.88. The van der Waals surface area contributed by atoms with E-state index < -0.39 is 0 Å². The molecular formula is C16H15N. The predicted octanol–water partition coefficient (Wildman–Crippen LogP) is 4.15. The minimum atomic E-state index is 1.27. The average molecular weight is 221 g/mol. The number of aryl methyl sites for hydroxylation is 2. The van der Waals surface area contributed by atoms with Crippen LogP contribution in [0.5, 0.6) is 0 Å². The van der Waals surface area contributed by atoms with Crippen LogP contribution in [0.3, 0.4) is 0 Å². The quantitative estimate of drug-likeness (QED) is 0.581. The topological polar surface area (TPSA) is 4.93 Å². The van der Waals surface area contributed by atoms with Crippen molar-refractivity contribution in [3.8, 4) is 11.3 Å². The van der Waals surface area contributed by atoms with Crippen molar-refractivity contribution in [1.29, 1.82) is 0 Å². The van der Waals surface area contributed by atoms with Crippen LogP contribution < -0.4 is 0 Å². The fraction of sp³-hybridized carbons (Fsp3) is 0.125. The Morgan fingerprint density at radius 2 is 1.65 bits per heavy atom. The largest absolute Gasteiger partial charge is 0.344 e. The molecule has 0 aliphatic carbocycles. The van der Waals surface area contributed by atoms with E-state index in [1.807, 2.05) is 0 Å². The van der Waals surface area contributed by atoms with Gasteiger partial charge in [-0.1, -0.05) is 42.5 Å². The molecule has 0 atom stereocenters. The van der Waals surface area contributed by atoms with Crippen LogP contribution in [-0.4, -0.2) is 4.57 Å². The third kappa shape index (κ3) is 1.55. The monoisotopic (exact) mass is 221 g/mol. The Labute approximate surface area is 101 Å². The van der Waals surface area contributed by atoms with Crippen LogP contribution in [0.15, 0.2) is 54.6 Å². The van der Waals surface area contributed by atoms with E-state index in [-0.39, 0.29) is 0 Å². The molecule has 3 rings (SSSR count). The van der Waals surface area contributed by atoms with Crippen molar-refractivity contribution in [2.24, 2.45) is 7.05 Å². The summed E-state index contributed by atoms with van der Waals surface area (Å²) in [4.78, 5) is 0. The van der Waals surface area contributed by atoms with Gasteiger partial charge in [0.25, 0.3) is 0 Å². The highest BCUT2D eigenvalue weighted by Gasteiger charge is 2.08. The molecule has 0 radical (unpaired) electrons. The molecule has 0 unspecified atom stereocenters. The molecule has 1 aromatic heterocycles. The van der Waals surface area contributed by atoms with Crippen LogP contribution in [0.4, 0.5) is 0 Å². The lowest BCUT2D eigenvalue weighted by molar-refractivity contribution is 0.978. The molecule has 0 fully saturated rings. The number of hydrogen-bond donors (Lipinski definition) is 0. The maximum Gasteiger partial charge on any atom is 0.0488 e. The molecule has 1 heteroatoms. The van der Waals surface area contributed by atoms with E-state index in [1.54, 1.807) is 0 Å². The minimum absolute atomic E-state index is 1.27. The highest BCUT2D eigenvalue weighted by Crippen LogP contribution is 2.28. The van der Waals surface area contributed by atoms with Crippen LogP contribution >= 0.6 is 0 Å². The van der Waals surface area contributed by atoms with Crippen molar-refractivity contribution < 1.29 is 0 Å². The Morgan fingerprint density at radius 1 is 0.882 bits per heavy atom. The summed E-state index contributed by atoms with van der Waals surface area (Å²) in [5.41, 5.74) is 5.17.